The van der Waals surface area contributed by atoms with Gasteiger partial charge in [-0.25, -0.2) is 18.4 Å². The van der Waals surface area contributed by atoms with Crippen molar-refractivity contribution in [1.29, 1.82) is 0 Å². The van der Waals surface area contributed by atoms with E-state index in [-0.39, 0.29) is 28.5 Å². The molecule has 4 rings (SSSR count). The molecular weight excluding hydrogens is 520 g/mol. The fourth-order valence-corrected chi connectivity index (χ4v) is 4.65. The lowest BCUT2D eigenvalue weighted by Crippen LogP contribution is -2.42. The fourth-order valence-electron chi connectivity index (χ4n) is 4.14. The van der Waals surface area contributed by atoms with E-state index >= 15 is 0 Å². The molecule has 1 aliphatic rings. The van der Waals surface area contributed by atoms with Gasteiger partial charge in [-0.3, -0.25) is 4.79 Å². The molecule has 2 atom stereocenters. The van der Waals surface area contributed by atoms with Crippen LogP contribution in [0.1, 0.15) is 55.4 Å². The highest BCUT2D eigenvalue weighted by Gasteiger charge is 2.25. The van der Waals surface area contributed by atoms with Crippen LogP contribution in [-0.4, -0.2) is 41.6 Å². The molecule has 2 aromatic carbocycles. The molecule has 1 heterocycles. The average molecular weight is 551 g/mol. The van der Waals surface area contributed by atoms with Crippen molar-refractivity contribution in [1.82, 2.24) is 15.5 Å². The van der Waals surface area contributed by atoms with Crippen LogP contribution in [0.2, 0.25) is 0 Å². The second kappa shape index (κ2) is 11.0. The van der Waals surface area contributed by atoms with E-state index in [4.69, 9.17) is 9.66 Å². The summed E-state index contributed by atoms with van der Waals surface area (Å²) in [7, 11) is -3.81. The third kappa shape index (κ3) is 6.87. The summed E-state index contributed by atoms with van der Waals surface area (Å²) in [6.45, 7) is 6.24. The van der Waals surface area contributed by atoms with Crippen LogP contribution >= 0.6 is 0 Å². The quantitative estimate of drug-likeness (QED) is 0.380. The molecule has 10 nitrogen and oxygen atoms in total. The summed E-state index contributed by atoms with van der Waals surface area (Å²) < 4.78 is 28.2. The molecule has 0 saturated carbocycles. The molecule has 204 valence electrons. The van der Waals surface area contributed by atoms with E-state index in [1.165, 1.54) is 24.3 Å². The van der Waals surface area contributed by atoms with Gasteiger partial charge in [0.1, 0.15) is 6.04 Å². The first kappa shape index (κ1) is 27.9. The zero-order valence-electron chi connectivity index (χ0n) is 21.8. The van der Waals surface area contributed by atoms with Crippen LogP contribution < -0.4 is 10.5 Å². The minimum absolute atomic E-state index is 0.0238. The molecule has 0 radical (unpaired) electrons. The molecule has 1 aromatic heterocycles. The van der Waals surface area contributed by atoms with Gasteiger partial charge in [0.05, 0.1) is 4.90 Å². The summed E-state index contributed by atoms with van der Waals surface area (Å²) in [5, 5.41) is 21.5. The van der Waals surface area contributed by atoms with Crippen LogP contribution in [-0.2, 0) is 20.2 Å². The van der Waals surface area contributed by atoms with Gasteiger partial charge >= 0.3 is 5.97 Å². The van der Waals surface area contributed by atoms with Crippen molar-refractivity contribution in [2.45, 2.75) is 50.0 Å². The lowest BCUT2D eigenvalue weighted by atomic mass is 9.86. The predicted octanol–water partition coefficient (Wildman–Crippen LogP) is 3.91. The smallest absolute Gasteiger partial charge is 0.326 e. The summed E-state index contributed by atoms with van der Waals surface area (Å²) in [6.07, 6.45) is 6.29. The highest BCUT2D eigenvalue weighted by atomic mass is 32.2. The van der Waals surface area contributed by atoms with Gasteiger partial charge in [-0.1, -0.05) is 56.3 Å². The van der Waals surface area contributed by atoms with Crippen molar-refractivity contribution in [2.75, 3.05) is 0 Å². The van der Waals surface area contributed by atoms with Crippen LogP contribution in [0, 0.1) is 5.92 Å². The first-order chi connectivity index (χ1) is 18.3. The number of carboxylic acids is 1. The largest absolute Gasteiger partial charge is 0.480 e. The normalized spacial score (nSPS) is 16.4. The fraction of sp³-hybridized carbons (Fsp3) is 0.286. The number of hydrogen-bond donors (Lipinski definition) is 3. The summed E-state index contributed by atoms with van der Waals surface area (Å²) in [4.78, 5) is 29.0. The second-order valence-corrected chi connectivity index (χ2v) is 12.0. The number of aliphatic carboxylic acids is 1. The Balaban J connectivity index is 1.37. The number of amides is 1. The SMILES string of the molecule is CC(C)(C)c1ccc(C(=O)N[C@@H](CC2C=CC(c3noc(-c4ccc(S(N)(=O)=O)cc4)n3)=CC2)C(=O)O)cc1. The number of aromatic nitrogens is 2. The Labute approximate surface area is 226 Å². The molecule has 1 aliphatic carbocycles. The maximum absolute atomic E-state index is 12.7. The number of nitrogens with two attached hydrogens (primary N) is 1. The summed E-state index contributed by atoms with van der Waals surface area (Å²) in [6, 6.07) is 11.9. The van der Waals surface area contributed by atoms with Gasteiger partial charge in [-0.2, -0.15) is 4.98 Å². The summed E-state index contributed by atoms with van der Waals surface area (Å²) in [5.41, 5.74) is 2.67. The predicted molar refractivity (Wildman–Crippen MR) is 145 cm³/mol. The number of carbonyl (C=O) groups is 2. The van der Waals surface area contributed by atoms with E-state index in [0.717, 1.165) is 5.56 Å². The summed E-state index contributed by atoms with van der Waals surface area (Å²) >= 11 is 0. The van der Waals surface area contributed by atoms with Gasteiger partial charge in [0.25, 0.3) is 11.8 Å². The standard InChI is InChI=1S/C28H30N4O6S/c1-28(2,3)21-12-8-19(9-13-21)25(33)30-23(27(34)35)16-17-4-6-18(7-5-17)24-31-26(38-32-24)20-10-14-22(15-11-20)39(29,36)37/h4,6-15,17,23H,5,16H2,1-3H3,(H,30,33)(H,34,35)(H2,29,36,37)/t17?,23-/m0/s1. The van der Waals surface area contributed by atoms with E-state index in [9.17, 15) is 23.1 Å². The average Bonchev–Trinajstić information content (AvgIpc) is 3.38. The zero-order chi connectivity index (χ0) is 28.4. The van der Waals surface area contributed by atoms with Crippen LogP contribution in [0.25, 0.3) is 17.0 Å². The van der Waals surface area contributed by atoms with E-state index in [1.54, 1.807) is 18.2 Å². The number of sulfonamides is 1. The van der Waals surface area contributed by atoms with Gasteiger partial charge in [0.2, 0.25) is 15.8 Å². The van der Waals surface area contributed by atoms with Crippen molar-refractivity contribution >= 4 is 27.5 Å². The number of carbonyl (C=O) groups excluding carboxylic acids is 1. The molecule has 3 aromatic rings. The molecule has 0 spiro atoms. The molecule has 1 amide bonds. The Morgan fingerprint density at radius 1 is 1.13 bits per heavy atom. The van der Waals surface area contributed by atoms with Gasteiger partial charge in [-0.15, -0.1) is 0 Å². The third-order valence-corrected chi connectivity index (χ3v) is 7.39. The molecule has 11 heteroatoms. The van der Waals surface area contributed by atoms with Crippen LogP contribution in [0.5, 0.6) is 0 Å². The Morgan fingerprint density at radius 3 is 2.33 bits per heavy atom. The molecule has 39 heavy (non-hydrogen) atoms. The van der Waals surface area contributed by atoms with Crippen LogP contribution in [0.15, 0.2) is 76.2 Å². The Bertz CT molecular complexity index is 1530. The Morgan fingerprint density at radius 2 is 1.79 bits per heavy atom. The number of carboxylic acid groups (broad SMARTS) is 1. The van der Waals surface area contributed by atoms with Crippen molar-refractivity contribution in [3.8, 4) is 11.5 Å². The zero-order valence-corrected chi connectivity index (χ0v) is 22.6. The van der Waals surface area contributed by atoms with E-state index in [0.29, 0.717) is 28.9 Å². The van der Waals surface area contributed by atoms with Gasteiger partial charge in [0, 0.05) is 16.7 Å². The number of benzene rings is 2. The number of primary sulfonamides is 1. The topological polar surface area (TPSA) is 165 Å². The van der Waals surface area contributed by atoms with Crippen molar-refractivity contribution in [2.24, 2.45) is 11.1 Å². The lowest BCUT2D eigenvalue weighted by molar-refractivity contribution is -0.139. The number of nitrogens with zero attached hydrogens (tertiary/aromatic N) is 2. The lowest BCUT2D eigenvalue weighted by Gasteiger charge is -2.21. The summed E-state index contributed by atoms with van der Waals surface area (Å²) in [5.74, 6) is -1.09. The van der Waals surface area contributed by atoms with Gasteiger partial charge < -0.3 is 14.9 Å². The second-order valence-electron chi connectivity index (χ2n) is 10.4. The highest BCUT2D eigenvalue weighted by Crippen LogP contribution is 2.28. The molecule has 0 bridgehead atoms. The first-order valence-corrected chi connectivity index (χ1v) is 13.9. The van der Waals surface area contributed by atoms with E-state index in [2.05, 4.69) is 36.2 Å². The number of allylic oxidation sites excluding steroid dienone is 4. The number of hydrogen-bond acceptors (Lipinski definition) is 7. The molecule has 0 saturated heterocycles. The number of rotatable bonds is 8. The van der Waals surface area contributed by atoms with Gasteiger partial charge in [-0.05, 0) is 66.1 Å². The monoisotopic (exact) mass is 550 g/mol. The van der Waals surface area contributed by atoms with Crippen LogP contribution in [0.4, 0.5) is 0 Å². The minimum Gasteiger partial charge on any atom is -0.480 e. The number of nitrogens with one attached hydrogen (secondary N) is 1. The molecular formula is C28H30N4O6S. The Kier molecular flexibility index (Phi) is 7.84. The van der Waals surface area contributed by atoms with Crippen molar-refractivity contribution in [3.05, 3.63) is 83.7 Å². The van der Waals surface area contributed by atoms with E-state index < -0.39 is 27.9 Å². The molecule has 0 aliphatic heterocycles. The Hall–Kier alpha value is -4.09. The molecule has 0 fully saturated rings. The first-order valence-electron chi connectivity index (χ1n) is 12.3. The maximum Gasteiger partial charge on any atom is 0.326 e. The molecule has 4 N–H and O–H groups in total. The molecule has 1 unspecified atom stereocenters. The highest BCUT2D eigenvalue weighted by molar-refractivity contribution is 7.89. The van der Waals surface area contributed by atoms with Crippen molar-refractivity contribution in [3.63, 3.8) is 0 Å². The maximum atomic E-state index is 12.7. The van der Waals surface area contributed by atoms with Crippen molar-refractivity contribution < 1.29 is 27.6 Å². The van der Waals surface area contributed by atoms with Crippen LogP contribution in [0.3, 0.4) is 0 Å². The minimum atomic E-state index is -3.81. The third-order valence-electron chi connectivity index (χ3n) is 6.46. The van der Waals surface area contributed by atoms with Gasteiger partial charge in [0.15, 0.2) is 0 Å². The van der Waals surface area contributed by atoms with E-state index in [1.807, 2.05) is 24.3 Å².